The van der Waals surface area contributed by atoms with E-state index in [4.69, 9.17) is 15.9 Å². The van der Waals surface area contributed by atoms with Crippen LogP contribution in [0.4, 0.5) is 0 Å². The van der Waals surface area contributed by atoms with Crippen molar-refractivity contribution in [3.05, 3.63) is 0 Å². The molecule has 0 spiro atoms. The molecule has 1 atom stereocenters. The molecule has 0 aliphatic heterocycles. The van der Waals surface area contributed by atoms with Gasteiger partial charge in [0.1, 0.15) is 0 Å². The van der Waals surface area contributed by atoms with Gasteiger partial charge in [-0.1, -0.05) is 0 Å². The van der Waals surface area contributed by atoms with E-state index in [1.165, 1.54) is 0 Å². The lowest BCUT2D eigenvalue weighted by Gasteiger charge is -2.09. The molecule has 0 bridgehead atoms. The van der Waals surface area contributed by atoms with Gasteiger partial charge in [0.15, 0.2) is 0 Å². The van der Waals surface area contributed by atoms with Crippen LogP contribution in [0.25, 0.3) is 0 Å². The van der Waals surface area contributed by atoms with Crippen LogP contribution in [-0.4, -0.2) is 18.5 Å². The number of amidine groups is 1. The summed E-state index contributed by atoms with van der Waals surface area (Å²) in [6.45, 7) is 4.80. The minimum absolute atomic E-state index is 0.272. The van der Waals surface area contributed by atoms with Crippen molar-refractivity contribution in [2.24, 2.45) is 5.73 Å². The highest BCUT2D eigenvalue weighted by Gasteiger charge is 2.00. The summed E-state index contributed by atoms with van der Waals surface area (Å²) in [6.07, 6.45) is 2.95. The molecule has 0 rings (SSSR count). The quantitative estimate of drug-likeness (QED) is 0.455. The van der Waals surface area contributed by atoms with Crippen LogP contribution in [0.2, 0.25) is 0 Å². The third-order valence-electron chi connectivity index (χ3n) is 1.51. The molecule has 0 aromatic carbocycles. The lowest BCUT2D eigenvalue weighted by Crippen LogP contribution is -2.12. The Bertz CT molecular complexity index is 115. The minimum Gasteiger partial charge on any atom is -0.388 e. The first-order valence-electron chi connectivity index (χ1n) is 4.11. The number of hydrogen-bond acceptors (Lipinski definition) is 2. The summed E-state index contributed by atoms with van der Waals surface area (Å²) in [5.74, 6) is 0.272. The summed E-state index contributed by atoms with van der Waals surface area (Å²) in [4.78, 5) is 0. The minimum atomic E-state index is 0.272. The molecule has 3 nitrogen and oxygen atoms in total. The molecule has 0 aliphatic carbocycles. The van der Waals surface area contributed by atoms with E-state index >= 15 is 0 Å². The monoisotopic (exact) mass is 158 g/mol. The van der Waals surface area contributed by atoms with Gasteiger partial charge in [0.25, 0.3) is 0 Å². The predicted octanol–water partition coefficient (Wildman–Crippen LogP) is 1.52. The van der Waals surface area contributed by atoms with Crippen molar-refractivity contribution in [2.75, 3.05) is 6.61 Å². The van der Waals surface area contributed by atoms with Gasteiger partial charge in [-0.05, 0) is 26.7 Å². The smallest absolute Gasteiger partial charge is 0.0905 e. The first-order valence-corrected chi connectivity index (χ1v) is 4.11. The molecule has 0 aliphatic rings. The molecule has 11 heavy (non-hydrogen) atoms. The number of hydrogen-bond donors (Lipinski definition) is 2. The Morgan fingerprint density at radius 2 is 2.27 bits per heavy atom. The van der Waals surface area contributed by atoms with Gasteiger partial charge in [0.2, 0.25) is 0 Å². The van der Waals surface area contributed by atoms with Crippen LogP contribution in [0.15, 0.2) is 0 Å². The van der Waals surface area contributed by atoms with E-state index in [1.54, 1.807) is 0 Å². The molecule has 0 aromatic rings. The highest BCUT2D eigenvalue weighted by atomic mass is 16.5. The van der Waals surface area contributed by atoms with Crippen molar-refractivity contribution in [3.63, 3.8) is 0 Å². The molecule has 0 radical (unpaired) electrons. The molecule has 66 valence electrons. The van der Waals surface area contributed by atoms with Crippen LogP contribution in [0, 0.1) is 5.41 Å². The molecule has 3 heteroatoms. The van der Waals surface area contributed by atoms with Crippen LogP contribution in [0.1, 0.15) is 33.1 Å². The Labute approximate surface area is 68.4 Å². The fraction of sp³-hybridized carbons (Fsp3) is 0.875. The molecular formula is C8H18N2O. The second kappa shape index (κ2) is 6.16. The van der Waals surface area contributed by atoms with Crippen molar-refractivity contribution in [2.45, 2.75) is 39.2 Å². The molecule has 3 N–H and O–H groups in total. The zero-order valence-electron chi connectivity index (χ0n) is 7.39. The molecule has 0 fully saturated rings. The maximum absolute atomic E-state index is 6.98. The van der Waals surface area contributed by atoms with Gasteiger partial charge in [-0.15, -0.1) is 0 Å². The van der Waals surface area contributed by atoms with Gasteiger partial charge in [-0.3, -0.25) is 5.41 Å². The average molecular weight is 158 g/mol. The molecular weight excluding hydrogens is 140 g/mol. The summed E-state index contributed by atoms with van der Waals surface area (Å²) in [5.41, 5.74) is 5.20. The molecule has 0 aromatic heterocycles. The second-order valence-electron chi connectivity index (χ2n) is 2.68. The summed E-state index contributed by atoms with van der Waals surface area (Å²) in [5, 5.41) is 6.98. The van der Waals surface area contributed by atoms with E-state index < -0.39 is 0 Å². The average Bonchev–Trinajstić information content (AvgIpc) is 1.87. The lowest BCUT2D eigenvalue weighted by atomic mass is 10.1. The zero-order valence-corrected chi connectivity index (χ0v) is 7.39. The van der Waals surface area contributed by atoms with Crippen molar-refractivity contribution >= 4 is 5.84 Å². The van der Waals surface area contributed by atoms with Gasteiger partial charge in [-0.25, -0.2) is 0 Å². The third kappa shape index (κ3) is 7.33. The topological polar surface area (TPSA) is 59.1 Å². The number of nitrogens with one attached hydrogen (secondary N) is 1. The first kappa shape index (κ1) is 10.4. The van der Waals surface area contributed by atoms with E-state index in [0.29, 0.717) is 12.5 Å². The highest BCUT2D eigenvalue weighted by molar-refractivity contribution is 5.76. The van der Waals surface area contributed by atoms with E-state index in [-0.39, 0.29) is 5.84 Å². The normalized spacial score (nSPS) is 12.9. The SMILES string of the molecule is CCOC(C)CCCC(=N)N. The van der Waals surface area contributed by atoms with E-state index in [0.717, 1.165) is 19.4 Å². The maximum atomic E-state index is 6.98. The Balaban J connectivity index is 3.16. The summed E-state index contributed by atoms with van der Waals surface area (Å²) in [6, 6.07) is 0. The lowest BCUT2D eigenvalue weighted by molar-refractivity contribution is 0.0693. The number of nitrogens with two attached hydrogens (primary N) is 1. The number of rotatable bonds is 6. The number of ether oxygens (including phenoxy) is 1. The van der Waals surface area contributed by atoms with Crippen molar-refractivity contribution in [3.8, 4) is 0 Å². The summed E-state index contributed by atoms with van der Waals surface area (Å²) in [7, 11) is 0. The van der Waals surface area contributed by atoms with Crippen molar-refractivity contribution in [1.29, 1.82) is 5.41 Å². The maximum Gasteiger partial charge on any atom is 0.0905 e. The van der Waals surface area contributed by atoms with Gasteiger partial charge in [0, 0.05) is 13.0 Å². The van der Waals surface area contributed by atoms with Gasteiger partial charge < -0.3 is 10.5 Å². The van der Waals surface area contributed by atoms with Gasteiger partial charge in [0.05, 0.1) is 11.9 Å². The van der Waals surface area contributed by atoms with E-state index in [9.17, 15) is 0 Å². The van der Waals surface area contributed by atoms with Crippen molar-refractivity contribution < 1.29 is 4.74 Å². The molecule has 0 saturated heterocycles. The fourth-order valence-corrected chi connectivity index (χ4v) is 0.948. The van der Waals surface area contributed by atoms with Crippen LogP contribution in [0.3, 0.4) is 0 Å². The predicted molar refractivity (Wildman–Crippen MR) is 46.9 cm³/mol. The van der Waals surface area contributed by atoms with E-state index in [2.05, 4.69) is 0 Å². The second-order valence-corrected chi connectivity index (χ2v) is 2.68. The Morgan fingerprint density at radius 1 is 1.64 bits per heavy atom. The Morgan fingerprint density at radius 3 is 2.73 bits per heavy atom. The van der Waals surface area contributed by atoms with Crippen molar-refractivity contribution in [1.82, 2.24) is 0 Å². The fourth-order valence-electron chi connectivity index (χ4n) is 0.948. The zero-order chi connectivity index (χ0) is 8.69. The Hall–Kier alpha value is -0.570. The van der Waals surface area contributed by atoms with Crippen LogP contribution < -0.4 is 5.73 Å². The molecule has 0 heterocycles. The largest absolute Gasteiger partial charge is 0.388 e. The van der Waals surface area contributed by atoms with Crippen LogP contribution in [0.5, 0.6) is 0 Å². The standard InChI is InChI=1S/C8H18N2O/c1-3-11-7(2)5-4-6-8(9)10/h7H,3-6H2,1-2H3,(H3,9,10). The highest BCUT2D eigenvalue weighted by Crippen LogP contribution is 2.03. The molecule has 0 amide bonds. The summed E-state index contributed by atoms with van der Waals surface area (Å²) >= 11 is 0. The van der Waals surface area contributed by atoms with E-state index in [1.807, 2.05) is 13.8 Å². The summed E-state index contributed by atoms with van der Waals surface area (Å²) < 4.78 is 5.31. The molecule has 1 unspecified atom stereocenters. The Kier molecular flexibility index (Phi) is 5.84. The first-order chi connectivity index (χ1) is 5.16. The molecule has 0 saturated carbocycles. The third-order valence-corrected chi connectivity index (χ3v) is 1.51. The van der Waals surface area contributed by atoms with Crippen LogP contribution in [-0.2, 0) is 4.74 Å². The van der Waals surface area contributed by atoms with Gasteiger partial charge in [-0.2, -0.15) is 0 Å². The van der Waals surface area contributed by atoms with Gasteiger partial charge >= 0.3 is 0 Å². The van der Waals surface area contributed by atoms with Crippen LogP contribution >= 0.6 is 0 Å².